The second-order valence-electron chi connectivity index (χ2n) is 4.86. The van der Waals surface area contributed by atoms with Crippen LogP contribution in [0.2, 0.25) is 0 Å². The molecule has 1 aromatic rings. The van der Waals surface area contributed by atoms with Crippen LogP contribution in [0.5, 0.6) is 0 Å². The number of carboxylic acids is 1. The fourth-order valence-electron chi connectivity index (χ4n) is 1.73. The van der Waals surface area contributed by atoms with Crippen LogP contribution in [0.15, 0.2) is 24.3 Å². The highest BCUT2D eigenvalue weighted by Crippen LogP contribution is 2.14. The SMILES string of the molecule is CCCCN(C)c1ccc(C(=O)N[C@@H](C)C(=O)O)cc1. The van der Waals surface area contributed by atoms with Crippen molar-refractivity contribution < 1.29 is 14.7 Å². The van der Waals surface area contributed by atoms with Gasteiger partial charge in [-0.2, -0.15) is 0 Å². The molecular weight excluding hydrogens is 256 g/mol. The number of nitrogens with zero attached hydrogens (tertiary/aromatic N) is 1. The van der Waals surface area contributed by atoms with Gasteiger partial charge in [0.25, 0.3) is 5.91 Å². The molecule has 110 valence electrons. The van der Waals surface area contributed by atoms with Crippen molar-refractivity contribution in [1.82, 2.24) is 5.32 Å². The molecule has 1 atom stereocenters. The molecule has 0 unspecified atom stereocenters. The van der Waals surface area contributed by atoms with Crippen molar-refractivity contribution in [1.29, 1.82) is 0 Å². The Morgan fingerprint density at radius 1 is 1.30 bits per heavy atom. The summed E-state index contributed by atoms with van der Waals surface area (Å²) in [6, 6.07) is 6.27. The van der Waals surface area contributed by atoms with E-state index in [4.69, 9.17) is 5.11 Å². The molecule has 0 aliphatic carbocycles. The lowest BCUT2D eigenvalue weighted by Gasteiger charge is -2.19. The van der Waals surface area contributed by atoms with Gasteiger partial charge in [-0.05, 0) is 37.6 Å². The highest BCUT2D eigenvalue weighted by molar-refractivity contribution is 5.96. The third-order valence-electron chi connectivity index (χ3n) is 3.14. The molecule has 0 heterocycles. The number of carbonyl (C=O) groups is 2. The van der Waals surface area contributed by atoms with Gasteiger partial charge in [-0.1, -0.05) is 13.3 Å². The Kier molecular flexibility index (Phi) is 6.03. The van der Waals surface area contributed by atoms with Crippen LogP contribution in [0.1, 0.15) is 37.0 Å². The summed E-state index contributed by atoms with van der Waals surface area (Å²) in [6.07, 6.45) is 2.26. The molecule has 0 spiro atoms. The van der Waals surface area contributed by atoms with E-state index in [-0.39, 0.29) is 5.91 Å². The summed E-state index contributed by atoms with van der Waals surface area (Å²) in [5, 5.41) is 11.2. The first-order chi connectivity index (χ1) is 9.45. The Morgan fingerprint density at radius 2 is 1.90 bits per heavy atom. The summed E-state index contributed by atoms with van der Waals surface area (Å²) >= 11 is 0. The summed E-state index contributed by atoms with van der Waals surface area (Å²) in [6.45, 7) is 4.55. The van der Waals surface area contributed by atoms with Crippen LogP contribution >= 0.6 is 0 Å². The minimum Gasteiger partial charge on any atom is -0.480 e. The highest BCUT2D eigenvalue weighted by Gasteiger charge is 2.15. The second kappa shape index (κ2) is 7.53. The van der Waals surface area contributed by atoms with Gasteiger partial charge in [-0.15, -0.1) is 0 Å². The number of amides is 1. The van der Waals surface area contributed by atoms with E-state index in [9.17, 15) is 9.59 Å². The van der Waals surface area contributed by atoms with Gasteiger partial charge in [0.2, 0.25) is 0 Å². The maximum atomic E-state index is 11.8. The van der Waals surface area contributed by atoms with Crippen molar-refractivity contribution in [3.63, 3.8) is 0 Å². The molecule has 1 aromatic carbocycles. The standard InChI is InChI=1S/C15H22N2O3/c1-4-5-10-17(3)13-8-6-12(7-9-13)14(18)16-11(2)15(19)20/h6-9,11H,4-5,10H2,1-3H3,(H,16,18)(H,19,20)/t11-/m0/s1. The number of unbranched alkanes of at least 4 members (excludes halogenated alkanes) is 1. The Morgan fingerprint density at radius 3 is 2.40 bits per heavy atom. The van der Waals surface area contributed by atoms with Gasteiger partial charge in [0.1, 0.15) is 6.04 Å². The van der Waals surface area contributed by atoms with Gasteiger partial charge < -0.3 is 15.3 Å². The van der Waals surface area contributed by atoms with Crippen molar-refractivity contribution in [2.45, 2.75) is 32.7 Å². The smallest absolute Gasteiger partial charge is 0.325 e. The quantitative estimate of drug-likeness (QED) is 0.801. The second-order valence-corrected chi connectivity index (χ2v) is 4.86. The zero-order valence-electron chi connectivity index (χ0n) is 12.2. The Bertz CT molecular complexity index is 457. The Labute approximate surface area is 119 Å². The molecule has 5 nitrogen and oxygen atoms in total. The molecule has 0 aromatic heterocycles. The molecule has 0 aliphatic heterocycles. The van der Waals surface area contributed by atoms with Crippen molar-refractivity contribution in [3.05, 3.63) is 29.8 Å². The fraction of sp³-hybridized carbons (Fsp3) is 0.467. The average Bonchev–Trinajstić information content (AvgIpc) is 2.44. The van der Waals surface area contributed by atoms with E-state index in [1.54, 1.807) is 12.1 Å². The summed E-state index contributed by atoms with van der Waals surface area (Å²) in [4.78, 5) is 24.6. The first-order valence-corrected chi connectivity index (χ1v) is 6.80. The first kappa shape index (κ1) is 16.0. The fourth-order valence-corrected chi connectivity index (χ4v) is 1.73. The summed E-state index contributed by atoms with van der Waals surface area (Å²) < 4.78 is 0. The van der Waals surface area contributed by atoms with Crippen LogP contribution in [-0.4, -0.2) is 36.6 Å². The maximum Gasteiger partial charge on any atom is 0.325 e. The van der Waals surface area contributed by atoms with Gasteiger partial charge in [0.05, 0.1) is 0 Å². The van der Waals surface area contributed by atoms with Gasteiger partial charge in [0.15, 0.2) is 0 Å². The van der Waals surface area contributed by atoms with E-state index in [0.717, 1.165) is 25.1 Å². The molecule has 2 N–H and O–H groups in total. The van der Waals surface area contributed by atoms with Gasteiger partial charge in [-0.3, -0.25) is 9.59 Å². The Balaban J connectivity index is 2.66. The third-order valence-corrected chi connectivity index (χ3v) is 3.14. The van der Waals surface area contributed by atoms with E-state index in [1.807, 2.05) is 19.2 Å². The number of nitrogens with one attached hydrogen (secondary N) is 1. The van der Waals surface area contributed by atoms with E-state index in [1.165, 1.54) is 6.92 Å². The minimum absolute atomic E-state index is 0.373. The van der Waals surface area contributed by atoms with Crippen LogP contribution < -0.4 is 10.2 Å². The van der Waals surface area contributed by atoms with Crippen molar-refractivity contribution in [2.75, 3.05) is 18.5 Å². The van der Waals surface area contributed by atoms with Crippen LogP contribution in [0.4, 0.5) is 5.69 Å². The number of carbonyl (C=O) groups excluding carboxylic acids is 1. The van der Waals surface area contributed by atoms with Gasteiger partial charge in [-0.25, -0.2) is 0 Å². The zero-order chi connectivity index (χ0) is 15.1. The van der Waals surface area contributed by atoms with Crippen LogP contribution in [0, 0.1) is 0 Å². The third kappa shape index (κ3) is 4.57. The predicted octanol–water partition coefficient (Wildman–Crippen LogP) is 2.13. The molecule has 5 heteroatoms. The lowest BCUT2D eigenvalue weighted by molar-refractivity contribution is -0.138. The number of aliphatic carboxylic acids is 1. The predicted molar refractivity (Wildman–Crippen MR) is 79.2 cm³/mol. The monoisotopic (exact) mass is 278 g/mol. The van der Waals surface area contributed by atoms with Crippen LogP contribution in [-0.2, 0) is 4.79 Å². The van der Waals surface area contributed by atoms with Crippen molar-refractivity contribution >= 4 is 17.6 Å². The highest BCUT2D eigenvalue weighted by atomic mass is 16.4. The minimum atomic E-state index is -1.05. The van der Waals surface area contributed by atoms with E-state index >= 15 is 0 Å². The molecular formula is C15H22N2O3. The average molecular weight is 278 g/mol. The largest absolute Gasteiger partial charge is 0.480 e. The summed E-state index contributed by atoms with van der Waals surface area (Å²) in [5.41, 5.74) is 1.51. The molecule has 0 aliphatic rings. The number of carboxylic acid groups (broad SMARTS) is 1. The van der Waals surface area contributed by atoms with Gasteiger partial charge in [0, 0.05) is 24.8 Å². The number of hydrogen-bond donors (Lipinski definition) is 2. The first-order valence-electron chi connectivity index (χ1n) is 6.80. The topological polar surface area (TPSA) is 69.6 Å². The lowest BCUT2D eigenvalue weighted by Crippen LogP contribution is -2.38. The van der Waals surface area contributed by atoms with Crippen molar-refractivity contribution in [3.8, 4) is 0 Å². The van der Waals surface area contributed by atoms with E-state index in [2.05, 4.69) is 17.1 Å². The van der Waals surface area contributed by atoms with Crippen molar-refractivity contribution in [2.24, 2.45) is 0 Å². The van der Waals surface area contributed by atoms with E-state index < -0.39 is 12.0 Å². The number of rotatable bonds is 7. The maximum absolute atomic E-state index is 11.8. The molecule has 1 amide bonds. The summed E-state index contributed by atoms with van der Waals surface area (Å²) in [5.74, 6) is -1.42. The lowest BCUT2D eigenvalue weighted by atomic mass is 10.1. The van der Waals surface area contributed by atoms with Crippen LogP contribution in [0.25, 0.3) is 0 Å². The van der Waals surface area contributed by atoms with Gasteiger partial charge >= 0.3 is 5.97 Å². The molecule has 0 bridgehead atoms. The van der Waals surface area contributed by atoms with Crippen LogP contribution in [0.3, 0.4) is 0 Å². The zero-order valence-corrected chi connectivity index (χ0v) is 12.2. The molecule has 0 saturated carbocycles. The Hall–Kier alpha value is -2.04. The summed E-state index contributed by atoms with van der Waals surface area (Å²) in [7, 11) is 2.01. The number of hydrogen-bond acceptors (Lipinski definition) is 3. The van der Waals surface area contributed by atoms with E-state index in [0.29, 0.717) is 5.56 Å². The molecule has 0 fully saturated rings. The molecule has 20 heavy (non-hydrogen) atoms. The number of benzene rings is 1. The molecule has 1 rings (SSSR count). The molecule has 0 saturated heterocycles. The normalized spacial score (nSPS) is 11.8. The number of anilines is 1. The molecule has 0 radical (unpaired) electrons.